The summed E-state index contributed by atoms with van der Waals surface area (Å²) in [4.78, 5) is 12.8. The SMILES string of the molecule is Cc1noc(-c2ccc(Br)cc2)c1CC(=O)C[C@H]1CCc2ccccc21. The molecular formula is C22H20BrNO2. The van der Waals surface area contributed by atoms with Gasteiger partial charge in [0, 0.05) is 28.4 Å². The van der Waals surface area contributed by atoms with E-state index in [9.17, 15) is 4.79 Å². The number of halogens is 1. The molecular weight excluding hydrogens is 390 g/mol. The molecule has 1 aliphatic carbocycles. The van der Waals surface area contributed by atoms with Crippen molar-refractivity contribution in [3.05, 3.63) is 75.4 Å². The summed E-state index contributed by atoms with van der Waals surface area (Å²) in [5.74, 6) is 1.29. The lowest BCUT2D eigenvalue weighted by atomic mass is 9.92. The van der Waals surface area contributed by atoms with Crippen LogP contribution in [0.3, 0.4) is 0 Å². The van der Waals surface area contributed by atoms with Crippen LogP contribution in [0.4, 0.5) is 0 Å². The number of aryl methyl sites for hydroxylation is 2. The summed E-state index contributed by atoms with van der Waals surface area (Å²) in [5, 5.41) is 4.10. The quantitative estimate of drug-likeness (QED) is 0.547. The maximum atomic E-state index is 12.8. The number of nitrogens with zero attached hydrogens (tertiary/aromatic N) is 1. The van der Waals surface area contributed by atoms with Crippen molar-refractivity contribution in [2.24, 2.45) is 0 Å². The van der Waals surface area contributed by atoms with Gasteiger partial charge in [0.1, 0.15) is 5.78 Å². The van der Waals surface area contributed by atoms with Gasteiger partial charge in [0.15, 0.2) is 5.76 Å². The molecule has 26 heavy (non-hydrogen) atoms. The van der Waals surface area contributed by atoms with Gasteiger partial charge in [0.05, 0.1) is 5.69 Å². The molecule has 0 fully saturated rings. The lowest BCUT2D eigenvalue weighted by molar-refractivity contribution is -0.118. The maximum absolute atomic E-state index is 12.8. The average molecular weight is 410 g/mol. The normalized spacial score (nSPS) is 15.8. The zero-order chi connectivity index (χ0) is 18.1. The van der Waals surface area contributed by atoms with Gasteiger partial charge >= 0.3 is 0 Å². The van der Waals surface area contributed by atoms with Crippen molar-refractivity contribution in [2.75, 3.05) is 0 Å². The third-order valence-electron chi connectivity index (χ3n) is 5.20. The number of carbonyl (C=O) groups is 1. The number of carbonyl (C=O) groups excluding carboxylic acids is 1. The van der Waals surface area contributed by atoms with Crippen LogP contribution in [0.25, 0.3) is 11.3 Å². The van der Waals surface area contributed by atoms with E-state index in [-0.39, 0.29) is 5.78 Å². The van der Waals surface area contributed by atoms with E-state index in [1.165, 1.54) is 11.1 Å². The molecule has 0 radical (unpaired) electrons. The van der Waals surface area contributed by atoms with Gasteiger partial charge in [-0.3, -0.25) is 4.79 Å². The number of benzene rings is 2. The van der Waals surface area contributed by atoms with Crippen LogP contribution in [0.5, 0.6) is 0 Å². The van der Waals surface area contributed by atoms with Crippen LogP contribution in [0.1, 0.15) is 41.1 Å². The molecule has 1 aliphatic rings. The first-order chi connectivity index (χ1) is 12.6. The largest absolute Gasteiger partial charge is 0.356 e. The Hall–Kier alpha value is -2.20. The van der Waals surface area contributed by atoms with Gasteiger partial charge in [-0.25, -0.2) is 0 Å². The van der Waals surface area contributed by atoms with E-state index in [2.05, 4.69) is 45.4 Å². The molecule has 1 heterocycles. The molecule has 4 rings (SSSR count). The van der Waals surface area contributed by atoms with Gasteiger partial charge in [0.2, 0.25) is 0 Å². The third-order valence-corrected chi connectivity index (χ3v) is 5.72. The first kappa shape index (κ1) is 17.2. The Bertz CT molecular complexity index is 943. The molecule has 3 aromatic rings. The Morgan fingerprint density at radius 1 is 1.19 bits per heavy atom. The summed E-state index contributed by atoms with van der Waals surface area (Å²) < 4.78 is 6.54. The standard InChI is InChI=1S/C22H20BrNO2/c1-14-21(22(26-24-14)16-8-10-18(23)11-9-16)13-19(25)12-17-7-6-15-4-2-3-5-20(15)17/h2-5,8-11,17H,6-7,12-13H2,1H3/t17-/m1/s1. The Balaban J connectivity index is 1.52. The van der Waals surface area contributed by atoms with Crippen LogP contribution in [0.2, 0.25) is 0 Å². The predicted molar refractivity (Wildman–Crippen MR) is 105 cm³/mol. The second kappa shape index (κ2) is 7.20. The molecule has 132 valence electrons. The molecule has 0 saturated heterocycles. The summed E-state index contributed by atoms with van der Waals surface area (Å²) in [7, 11) is 0. The van der Waals surface area contributed by atoms with Gasteiger partial charge in [-0.1, -0.05) is 57.5 Å². The van der Waals surface area contributed by atoms with Crippen LogP contribution in [-0.4, -0.2) is 10.9 Å². The van der Waals surface area contributed by atoms with Crippen LogP contribution in [0, 0.1) is 6.92 Å². The average Bonchev–Trinajstić information content (AvgIpc) is 3.21. The first-order valence-electron chi connectivity index (χ1n) is 8.92. The highest BCUT2D eigenvalue weighted by Crippen LogP contribution is 2.36. The molecule has 2 aromatic carbocycles. The fourth-order valence-corrected chi connectivity index (χ4v) is 4.09. The topological polar surface area (TPSA) is 43.1 Å². The van der Waals surface area contributed by atoms with Crippen molar-refractivity contribution in [1.82, 2.24) is 5.16 Å². The van der Waals surface area contributed by atoms with Crippen molar-refractivity contribution in [2.45, 2.75) is 38.5 Å². The van der Waals surface area contributed by atoms with E-state index in [4.69, 9.17) is 4.52 Å². The lowest BCUT2D eigenvalue weighted by Crippen LogP contribution is -2.09. The van der Waals surface area contributed by atoms with E-state index in [1.807, 2.05) is 31.2 Å². The van der Waals surface area contributed by atoms with Gasteiger partial charge < -0.3 is 4.52 Å². The molecule has 0 spiro atoms. The minimum absolute atomic E-state index is 0.247. The van der Waals surface area contributed by atoms with Crippen LogP contribution >= 0.6 is 15.9 Å². The molecule has 0 bridgehead atoms. The number of fused-ring (bicyclic) bond motifs is 1. The number of hydrogen-bond acceptors (Lipinski definition) is 3. The van der Waals surface area contributed by atoms with Gasteiger partial charge in [-0.05, 0) is 48.9 Å². The Morgan fingerprint density at radius 3 is 2.77 bits per heavy atom. The van der Waals surface area contributed by atoms with Crippen LogP contribution < -0.4 is 0 Å². The number of ketones is 1. The van der Waals surface area contributed by atoms with Gasteiger partial charge in [-0.2, -0.15) is 0 Å². The summed E-state index contributed by atoms with van der Waals surface area (Å²) >= 11 is 3.44. The van der Waals surface area contributed by atoms with E-state index in [0.717, 1.165) is 34.1 Å². The van der Waals surface area contributed by atoms with Crippen LogP contribution in [0.15, 0.2) is 57.5 Å². The molecule has 3 nitrogen and oxygen atoms in total. The number of rotatable bonds is 5. The second-order valence-corrected chi connectivity index (χ2v) is 7.85. The van der Waals surface area contributed by atoms with Crippen molar-refractivity contribution in [3.63, 3.8) is 0 Å². The molecule has 1 aromatic heterocycles. The number of aromatic nitrogens is 1. The zero-order valence-corrected chi connectivity index (χ0v) is 16.3. The van der Waals surface area contributed by atoms with Crippen molar-refractivity contribution >= 4 is 21.7 Å². The smallest absolute Gasteiger partial charge is 0.170 e. The Morgan fingerprint density at radius 2 is 1.96 bits per heavy atom. The molecule has 1 atom stereocenters. The van der Waals surface area contributed by atoms with Crippen molar-refractivity contribution in [3.8, 4) is 11.3 Å². The van der Waals surface area contributed by atoms with Crippen molar-refractivity contribution < 1.29 is 9.32 Å². The van der Waals surface area contributed by atoms with Gasteiger partial charge in [0.25, 0.3) is 0 Å². The van der Waals surface area contributed by atoms with E-state index in [1.54, 1.807) is 0 Å². The Labute approximate surface area is 161 Å². The minimum atomic E-state index is 0.247. The highest BCUT2D eigenvalue weighted by molar-refractivity contribution is 9.10. The summed E-state index contributed by atoms with van der Waals surface area (Å²) in [6.07, 6.45) is 3.10. The van der Waals surface area contributed by atoms with E-state index < -0.39 is 0 Å². The predicted octanol–water partition coefficient (Wildman–Crippen LogP) is 5.64. The number of hydrogen-bond donors (Lipinski definition) is 0. The second-order valence-electron chi connectivity index (χ2n) is 6.94. The van der Waals surface area contributed by atoms with Crippen molar-refractivity contribution in [1.29, 1.82) is 0 Å². The zero-order valence-electron chi connectivity index (χ0n) is 14.7. The fraction of sp³-hybridized carbons (Fsp3) is 0.273. The van der Waals surface area contributed by atoms with E-state index in [0.29, 0.717) is 24.5 Å². The third kappa shape index (κ3) is 3.38. The summed E-state index contributed by atoms with van der Waals surface area (Å²) in [6, 6.07) is 16.4. The Kier molecular flexibility index (Phi) is 4.77. The maximum Gasteiger partial charge on any atom is 0.170 e. The molecule has 0 aliphatic heterocycles. The fourth-order valence-electron chi connectivity index (χ4n) is 3.83. The highest BCUT2D eigenvalue weighted by atomic mass is 79.9. The molecule has 0 saturated carbocycles. The molecule has 0 unspecified atom stereocenters. The van der Waals surface area contributed by atoms with Gasteiger partial charge in [-0.15, -0.1) is 0 Å². The summed E-state index contributed by atoms with van der Waals surface area (Å²) in [5.41, 5.74) is 5.38. The molecule has 4 heteroatoms. The first-order valence-corrected chi connectivity index (χ1v) is 9.71. The van der Waals surface area contributed by atoms with E-state index >= 15 is 0 Å². The number of Topliss-reactive ketones (excluding diaryl/α,β-unsaturated/α-hetero) is 1. The van der Waals surface area contributed by atoms with Crippen LogP contribution in [-0.2, 0) is 17.6 Å². The monoisotopic (exact) mass is 409 g/mol. The lowest BCUT2D eigenvalue weighted by Gasteiger charge is -2.11. The molecule has 0 N–H and O–H groups in total. The summed E-state index contributed by atoms with van der Waals surface area (Å²) in [6.45, 7) is 1.90. The molecule has 0 amide bonds. The minimum Gasteiger partial charge on any atom is -0.356 e. The highest BCUT2D eigenvalue weighted by Gasteiger charge is 2.25.